The maximum Gasteiger partial charge on any atom is 0.341 e. The van der Waals surface area contributed by atoms with Crippen molar-refractivity contribution in [3.63, 3.8) is 0 Å². The van der Waals surface area contributed by atoms with Gasteiger partial charge in [0.05, 0.1) is 6.04 Å². The molecule has 1 unspecified atom stereocenters. The lowest BCUT2D eigenvalue weighted by Crippen LogP contribution is -2.31. The summed E-state index contributed by atoms with van der Waals surface area (Å²) in [5, 5.41) is 10.8. The van der Waals surface area contributed by atoms with E-state index >= 15 is 0 Å². The van der Waals surface area contributed by atoms with E-state index in [-0.39, 0.29) is 5.91 Å². The number of aromatic nitrogens is 1. The van der Waals surface area contributed by atoms with E-state index in [1.807, 2.05) is 41.3 Å². The quantitative estimate of drug-likeness (QED) is 0.305. The fourth-order valence-electron chi connectivity index (χ4n) is 5.56. The van der Waals surface area contributed by atoms with Gasteiger partial charge >= 0.3 is 5.97 Å². The number of benzene rings is 3. The van der Waals surface area contributed by atoms with Gasteiger partial charge in [0, 0.05) is 46.7 Å². The first-order valence-corrected chi connectivity index (χ1v) is 12.8. The van der Waals surface area contributed by atoms with Crippen molar-refractivity contribution in [2.24, 2.45) is 0 Å². The van der Waals surface area contributed by atoms with Crippen molar-refractivity contribution < 1.29 is 19.4 Å². The number of fused-ring (bicyclic) bond motifs is 2. The molecular weight excluding hydrogens is 488 g/mol. The lowest BCUT2D eigenvalue weighted by molar-refractivity contribution is -0.139. The number of nitrogens with zero attached hydrogens (tertiary/aromatic N) is 2. The maximum atomic E-state index is 13.8. The van der Waals surface area contributed by atoms with Crippen LogP contribution in [-0.4, -0.2) is 33.1 Å². The first-order valence-electron chi connectivity index (χ1n) is 12.5. The van der Waals surface area contributed by atoms with E-state index in [0.717, 1.165) is 17.7 Å². The summed E-state index contributed by atoms with van der Waals surface area (Å²) in [5.74, 6) is -0.631. The van der Waals surface area contributed by atoms with E-state index in [1.165, 1.54) is 22.2 Å². The van der Waals surface area contributed by atoms with Crippen molar-refractivity contribution in [2.75, 3.05) is 6.61 Å². The number of carboxylic acids is 1. The number of hydrogen-bond acceptors (Lipinski definition) is 3. The molecular formula is C30H29ClN2O4. The molecule has 1 aliphatic rings. The predicted octanol–water partition coefficient (Wildman–Crippen LogP) is 6.15. The molecule has 1 atom stereocenters. The molecule has 0 saturated heterocycles. The van der Waals surface area contributed by atoms with Gasteiger partial charge in [-0.15, -0.1) is 0 Å². The highest BCUT2D eigenvalue weighted by atomic mass is 35.5. The highest BCUT2D eigenvalue weighted by molar-refractivity contribution is 6.30. The minimum absolute atomic E-state index is 0.0260. The van der Waals surface area contributed by atoms with E-state index < -0.39 is 18.6 Å². The lowest BCUT2D eigenvalue weighted by Gasteiger charge is -2.27. The van der Waals surface area contributed by atoms with Crippen LogP contribution in [0.15, 0.2) is 66.7 Å². The van der Waals surface area contributed by atoms with Gasteiger partial charge in [-0.25, -0.2) is 4.79 Å². The fraction of sp³-hybridized carbons (Fsp3) is 0.267. The van der Waals surface area contributed by atoms with E-state index in [0.29, 0.717) is 35.7 Å². The van der Waals surface area contributed by atoms with Crippen molar-refractivity contribution in [1.29, 1.82) is 0 Å². The van der Waals surface area contributed by atoms with Gasteiger partial charge in [-0.3, -0.25) is 4.79 Å². The molecule has 37 heavy (non-hydrogen) atoms. The van der Waals surface area contributed by atoms with Gasteiger partial charge in [-0.05, 0) is 61.2 Å². The third-order valence-electron chi connectivity index (χ3n) is 7.21. The molecule has 7 heteroatoms. The smallest absolute Gasteiger partial charge is 0.341 e. The fourth-order valence-corrected chi connectivity index (χ4v) is 5.74. The normalized spacial score (nSPS) is 14.7. The summed E-state index contributed by atoms with van der Waals surface area (Å²) in [6.07, 6.45) is 0.991. The Morgan fingerprint density at radius 1 is 1.05 bits per heavy atom. The summed E-state index contributed by atoms with van der Waals surface area (Å²) >= 11 is 6.36. The van der Waals surface area contributed by atoms with Gasteiger partial charge in [-0.1, -0.05) is 54.1 Å². The van der Waals surface area contributed by atoms with Gasteiger partial charge in [0.25, 0.3) is 0 Å². The minimum Gasteiger partial charge on any atom is -0.482 e. The number of halogens is 1. The molecule has 0 spiro atoms. The van der Waals surface area contributed by atoms with Crippen LogP contribution < -0.4 is 4.74 Å². The molecule has 1 aromatic heterocycles. The molecule has 0 saturated carbocycles. The number of ether oxygens (including phenoxy) is 1. The van der Waals surface area contributed by atoms with Crippen LogP contribution in [0.3, 0.4) is 0 Å². The average molecular weight is 517 g/mol. The predicted molar refractivity (Wildman–Crippen MR) is 144 cm³/mol. The monoisotopic (exact) mass is 516 g/mol. The number of amides is 1. The molecule has 3 aromatic carbocycles. The van der Waals surface area contributed by atoms with Gasteiger partial charge in [0.2, 0.25) is 5.91 Å². The molecule has 0 fully saturated rings. The number of aliphatic carboxylic acids is 1. The zero-order valence-corrected chi connectivity index (χ0v) is 21.7. The van der Waals surface area contributed by atoms with Crippen LogP contribution in [0.2, 0.25) is 5.02 Å². The summed E-state index contributed by atoms with van der Waals surface area (Å²) in [6.45, 7) is 5.13. The Bertz CT molecular complexity index is 1490. The number of rotatable bonds is 8. The summed E-state index contributed by atoms with van der Waals surface area (Å²) < 4.78 is 7.91. The van der Waals surface area contributed by atoms with E-state index in [2.05, 4.69) is 30.5 Å². The topological polar surface area (TPSA) is 71.8 Å². The highest BCUT2D eigenvalue weighted by Gasteiger charge is 2.36. The average Bonchev–Trinajstić information content (AvgIpc) is 3.41. The van der Waals surface area contributed by atoms with Crippen molar-refractivity contribution in [3.8, 4) is 5.75 Å². The molecule has 6 nitrogen and oxygen atoms in total. The van der Waals surface area contributed by atoms with Gasteiger partial charge in [0.15, 0.2) is 6.61 Å². The Labute approximate surface area is 221 Å². The Hall–Kier alpha value is -3.77. The van der Waals surface area contributed by atoms with Gasteiger partial charge in [-0.2, -0.15) is 0 Å². The number of carbonyl (C=O) groups is 2. The van der Waals surface area contributed by atoms with Crippen molar-refractivity contribution in [1.82, 2.24) is 9.47 Å². The highest BCUT2D eigenvalue weighted by Crippen LogP contribution is 2.43. The van der Waals surface area contributed by atoms with Crippen LogP contribution in [-0.2, 0) is 29.1 Å². The molecule has 190 valence electrons. The third kappa shape index (κ3) is 4.69. The summed E-state index contributed by atoms with van der Waals surface area (Å²) in [7, 11) is 0. The molecule has 0 bridgehead atoms. The molecule has 0 aliphatic carbocycles. The zero-order chi connectivity index (χ0) is 26.1. The zero-order valence-electron chi connectivity index (χ0n) is 20.9. The van der Waals surface area contributed by atoms with Crippen LogP contribution in [0.25, 0.3) is 10.9 Å². The van der Waals surface area contributed by atoms with Gasteiger partial charge in [0.1, 0.15) is 5.75 Å². The number of para-hydroxylation sites is 1. The van der Waals surface area contributed by atoms with Crippen LogP contribution in [0, 0.1) is 6.92 Å². The Balaban J connectivity index is 1.48. The van der Waals surface area contributed by atoms with E-state index in [4.69, 9.17) is 21.4 Å². The first kappa shape index (κ1) is 24.9. The van der Waals surface area contributed by atoms with E-state index in [9.17, 15) is 9.59 Å². The summed E-state index contributed by atoms with van der Waals surface area (Å²) in [6, 6.07) is 21.0. The number of aryl methyl sites for hydroxylation is 2. The Kier molecular flexibility index (Phi) is 6.94. The minimum atomic E-state index is -1.07. The van der Waals surface area contributed by atoms with Crippen LogP contribution in [0.4, 0.5) is 0 Å². The van der Waals surface area contributed by atoms with Crippen molar-refractivity contribution in [3.05, 3.63) is 99.7 Å². The second-order valence-corrected chi connectivity index (χ2v) is 9.75. The second kappa shape index (κ2) is 10.3. The van der Waals surface area contributed by atoms with Gasteiger partial charge < -0.3 is 19.3 Å². The summed E-state index contributed by atoms with van der Waals surface area (Å²) in [5.41, 5.74) is 6.33. The molecule has 5 rings (SSSR count). The first-order chi connectivity index (χ1) is 17.9. The molecule has 0 radical (unpaired) electrons. The van der Waals surface area contributed by atoms with Crippen LogP contribution in [0.1, 0.15) is 47.3 Å². The Morgan fingerprint density at radius 3 is 2.59 bits per heavy atom. The SMILES string of the molecule is CCn1c(C)c(CCC(=O)N2Cc3ccccc3C2c2cc(Cl)ccc2OCC(=O)O)c2ccccc21. The van der Waals surface area contributed by atoms with Crippen molar-refractivity contribution >= 4 is 34.4 Å². The standard InChI is InChI=1S/C30H29ClN2O4/c1-3-32-19(2)22(24-10-6-7-11-26(24)32)13-15-28(34)33-17-20-8-4-5-9-23(20)30(33)25-16-21(31)12-14-27(25)37-18-29(35)36/h4-12,14,16,30H,3,13,15,17-18H2,1-2H3,(H,35,36). The second-order valence-electron chi connectivity index (χ2n) is 9.31. The Morgan fingerprint density at radius 2 is 1.81 bits per heavy atom. The van der Waals surface area contributed by atoms with Crippen LogP contribution >= 0.6 is 11.6 Å². The van der Waals surface area contributed by atoms with Crippen LogP contribution in [0.5, 0.6) is 5.75 Å². The molecule has 4 aromatic rings. The number of hydrogen-bond donors (Lipinski definition) is 1. The maximum absolute atomic E-state index is 13.8. The largest absolute Gasteiger partial charge is 0.482 e. The lowest BCUT2D eigenvalue weighted by atomic mass is 9.96. The summed E-state index contributed by atoms with van der Waals surface area (Å²) in [4.78, 5) is 26.9. The van der Waals surface area contributed by atoms with Crippen molar-refractivity contribution in [2.45, 2.75) is 45.8 Å². The van der Waals surface area contributed by atoms with E-state index in [1.54, 1.807) is 18.2 Å². The number of carbonyl (C=O) groups excluding carboxylic acids is 1. The molecule has 2 heterocycles. The molecule has 1 N–H and O–H groups in total. The third-order valence-corrected chi connectivity index (χ3v) is 7.44. The molecule has 1 aliphatic heterocycles. The number of carboxylic acid groups (broad SMARTS) is 1. The molecule has 1 amide bonds.